The fraction of sp³-hybridized carbons (Fsp3) is 0.158. The van der Waals surface area contributed by atoms with Crippen molar-refractivity contribution in [2.24, 2.45) is 0 Å². The van der Waals surface area contributed by atoms with Crippen LogP contribution >= 0.6 is 0 Å². The van der Waals surface area contributed by atoms with Gasteiger partial charge < -0.3 is 34.0 Å². The van der Waals surface area contributed by atoms with Gasteiger partial charge in [-0.05, 0) is 0 Å². The van der Waals surface area contributed by atoms with Gasteiger partial charge in [0, 0.05) is 0 Å². The molecule has 1 aliphatic rings. The van der Waals surface area contributed by atoms with E-state index in [4.69, 9.17) is 0 Å². The Bertz CT molecular complexity index is 642. The van der Waals surface area contributed by atoms with Crippen LogP contribution in [-0.4, -0.2) is 5.92 Å². The van der Waals surface area contributed by atoms with Crippen LogP contribution in [0.15, 0.2) is 81.2 Å². The summed E-state index contributed by atoms with van der Waals surface area (Å²) in [6.07, 6.45) is 3.65. The minimum absolute atomic E-state index is 0. The maximum absolute atomic E-state index is 2.42. The average Bonchev–Trinajstić information content (AvgIpc) is 2.86. The van der Waals surface area contributed by atoms with Crippen molar-refractivity contribution < 1.29 is 56.4 Å². The third-order valence-corrected chi connectivity index (χ3v) is 18.0. The van der Waals surface area contributed by atoms with Crippen molar-refractivity contribution in [2.75, 3.05) is 0 Å². The summed E-state index contributed by atoms with van der Waals surface area (Å²) < 4.78 is 1.82. The minimum Gasteiger partial charge on any atom is -1.00 e. The molecule has 0 unspecified atom stereocenters. The Kier molecular flexibility index (Phi) is 9.21. The zero-order chi connectivity index (χ0) is 14.7. The second-order valence-electron chi connectivity index (χ2n) is 5.59. The zero-order valence-corrected chi connectivity index (χ0v) is 20.2. The van der Waals surface area contributed by atoms with Gasteiger partial charge in [-0.3, -0.25) is 0 Å². The van der Waals surface area contributed by atoms with E-state index in [1.807, 2.05) is 3.28 Å². The molecule has 4 heteroatoms. The van der Waals surface area contributed by atoms with Crippen LogP contribution < -0.4 is 44.3 Å². The number of halogens is 2. The second kappa shape index (κ2) is 10.1. The van der Waals surface area contributed by atoms with Gasteiger partial charge in [0.15, 0.2) is 0 Å². The normalized spacial score (nSPS) is 13.1. The average molecular weight is 527 g/mol. The Labute approximate surface area is 172 Å². The SMILES string of the molecule is CC1=CC[C]([Zr+2][SiH](c2ccccc2)c2ccccc2)=C1C.[Br-].[Br-]. The largest absolute Gasteiger partial charge is 1.00 e. The van der Waals surface area contributed by atoms with Crippen LogP contribution in [-0.2, 0) is 22.4 Å². The molecule has 0 N–H and O–H groups in total. The molecule has 118 valence electrons. The van der Waals surface area contributed by atoms with Crippen LogP contribution in [0.2, 0.25) is 0 Å². The maximum atomic E-state index is 2.42. The molecule has 0 radical (unpaired) electrons. The van der Waals surface area contributed by atoms with Gasteiger partial charge in [0.1, 0.15) is 0 Å². The van der Waals surface area contributed by atoms with Crippen molar-refractivity contribution >= 4 is 16.3 Å². The molecule has 0 nitrogen and oxygen atoms in total. The third kappa shape index (κ3) is 5.22. The molecule has 0 aliphatic heterocycles. The predicted molar refractivity (Wildman–Crippen MR) is 90.4 cm³/mol. The molecular formula is C19H20Br2SiZr. The third-order valence-electron chi connectivity index (χ3n) is 4.24. The molecular weight excluding hydrogens is 507 g/mol. The molecule has 0 spiro atoms. The van der Waals surface area contributed by atoms with Gasteiger partial charge in [-0.25, -0.2) is 0 Å². The van der Waals surface area contributed by atoms with Crippen LogP contribution in [0.5, 0.6) is 0 Å². The molecule has 0 fully saturated rings. The monoisotopic (exact) mass is 524 g/mol. The van der Waals surface area contributed by atoms with Gasteiger partial charge >= 0.3 is 140 Å². The topological polar surface area (TPSA) is 0 Å². The maximum Gasteiger partial charge on any atom is -1.00 e. The van der Waals surface area contributed by atoms with E-state index in [1.165, 1.54) is 12.0 Å². The minimum atomic E-state index is -0.991. The molecule has 0 saturated heterocycles. The van der Waals surface area contributed by atoms with E-state index in [9.17, 15) is 0 Å². The van der Waals surface area contributed by atoms with Gasteiger partial charge in [-0.2, -0.15) is 0 Å². The molecule has 0 aromatic heterocycles. The molecule has 23 heavy (non-hydrogen) atoms. The summed E-state index contributed by atoms with van der Waals surface area (Å²) in [6.45, 7) is 4.60. The first-order chi connectivity index (χ1) is 10.3. The summed E-state index contributed by atoms with van der Waals surface area (Å²) in [5.41, 5.74) is 3.12. The fourth-order valence-corrected chi connectivity index (χ4v) is 16.5. The number of benzene rings is 2. The van der Waals surface area contributed by atoms with Crippen molar-refractivity contribution in [1.29, 1.82) is 0 Å². The molecule has 3 rings (SSSR count). The summed E-state index contributed by atoms with van der Waals surface area (Å²) in [4.78, 5) is 0. The van der Waals surface area contributed by atoms with Crippen LogP contribution in [0.25, 0.3) is 0 Å². The van der Waals surface area contributed by atoms with Crippen LogP contribution in [0.4, 0.5) is 0 Å². The van der Waals surface area contributed by atoms with Crippen molar-refractivity contribution in [2.45, 2.75) is 20.3 Å². The number of rotatable bonds is 4. The number of hydrogen-bond acceptors (Lipinski definition) is 0. The first-order valence-corrected chi connectivity index (χ1v) is 14.7. The van der Waals surface area contributed by atoms with E-state index in [0.717, 1.165) is 0 Å². The summed E-state index contributed by atoms with van der Waals surface area (Å²) >= 11 is -0.536. The fourth-order valence-electron chi connectivity index (χ4n) is 2.79. The van der Waals surface area contributed by atoms with Gasteiger partial charge in [-0.15, -0.1) is 0 Å². The molecule has 2 aromatic rings. The van der Waals surface area contributed by atoms with E-state index in [0.29, 0.717) is 0 Å². The zero-order valence-electron chi connectivity index (χ0n) is 13.4. The number of allylic oxidation sites excluding steroid dienone is 4. The van der Waals surface area contributed by atoms with Crippen LogP contribution in [0.3, 0.4) is 0 Å². The molecule has 0 atom stereocenters. The second-order valence-corrected chi connectivity index (χ2v) is 16.0. The van der Waals surface area contributed by atoms with Crippen LogP contribution in [0, 0.1) is 0 Å². The quantitative estimate of drug-likeness (QED) is 0.379. The van der Waals surface area contributed by atoms with Gasteiger partial charge in [0.25, 0.3) is 0 Å². The Morgan fingerprint density at radius 1 is 0.783 bits per heavy atom. The van der Waals surface area contributed by atoms with Crippen molar-refractivity contribution in [1.82, 2.24) is 0 Å². The number of hydrogen-bond donors (Lipinski definition) is 0. The van der Waals surface area contributed by atoms with E-state index in [2.05, 4.69) is 80.6 Å². The Balaban J connectivity index is 0.00000132. The van der Waals surface area contributed by atoms with Crippen molar-refractivity contribution in [3.8, 4) is 0 Å². The summed E-state index contributed by atoms with van der Waals surface area (Å²) in [6, 6.07) is 22.5. The first-order valence-electron chi connectivity index (χ1n) is 7.49. The molecule has 0 bridgehead atoms. The molecule has 0 heterocycles. The van der Waals surface area contributed by atoms with E-state index < -0.39 is 28.3 Å². The smallest absolute Gasteiger partial charge is 1.00 e. The molecule has 1 aliphatic carbocycles. The Hall–Kier alpha value is -0.0200. The predicted octanol–water partition coefficient (Wildman–Crippen LogP) is -2.76. The standard InChI is InChI=1S/C12H11Si.C7H9.2BrH.Zr/c1-3-7-11(8-4-1)13-12-9-5-2-6-10-12;1-6-4-3-5-7(6)2;;;/h1-10,13H;4H,3H2,1-2H3;2*1H;/q;;;;+2/p-2. The van der Waals surface area contributed by atoms with E-state index in [1.54, 1.807) is 15.9 Å². The van der Waals surface area contributed by atoms with Gasteiger partial charge in [-0.1, -0.05) is 0 Å². The van der Waals surface area contributed by atoms with Crippen molar-refractivity contribution in [3.63, 3.8) is 0 Å². The molecule has 0 amide bonds. The van der Waals surface area contributed by atoms with E-state index >= 15 is 0 Å². The summed E-state index contributed by atoms with van der Waals surface area (Å²) in [5.74, 6) is -0.991. The van der Waals surface area contributed by atoms with Crippen molar-refractivity contribution in [3.05, 3.63) is 81.2 Å². The van der Waals surface area contributed by atoms with E-state index in [-0.39, 0.29) is 34.0 Å². The summed E-state index contributed by atoms with van der Waals surface area (Å²) in [5, 5.41) is 3.25. The van der Waals surface area contributed by atoms with Gasteiger partial charge in [0.05, 0.1) is 0 Å². The first kappa shape index (κ1) is 21.0. The molecule has 2 aromatic carbocycles. The van der Waals surface area contributed by atoms with Gasteiger partial charge in [0.2, 0.25) is 0 Å². The Morgan fingerprint density at radius 2 is 1.26 bits per heavy atom. The summed E-state index contributed by atoms with van der Waals surface area (Å²) in [7, 11) is 0. The molecule has 0 saturated carbocycles. The van der Waals surface area contributed by atoms with Crippen LogP contribution in [0.1, 0.15) is 20.3 Å². The Morgan fingerprint density at radius 3 is 1.65 bits per heavy atom.